The van der Waals surface area contributed by atoms with Crippen LogP contribution in [0.5, 0.6) is 0 Å². The van der Waals surface area contributed by atoms with Gasteiger partial charge in [-0.3, -0.25) is 4.79 Å². The number of halogens is 1. The van der Waals surface area contributed by atoms with E-state index >= 15 is 0 Å². The standard InChI is InChI=1S/C16H21BrN2O3/c1-16(2,3)22-15(21)19-8-6-18(7-9-19)13-4-5-14(17)12(10-13)11-20/h4-5,10-11H,6-9H2,1-3H3. The SMILES string of the molecule is CC(C)(C)OC(=O)N1CCN(c2ccc(Br)c(C=O)c2)CC1. The summed E-state index contributed by atoms with van der Waals surface area (Å²) in [6.07, 6.45) is 0.571. The van der Waals surface area contributed by atoms with Crippen molar-refractivity contribution in [2.75, 3.05) is 31.1 Å². The molecule has 2 rings (SSSR count). The van der Waals surface area contributed by atoms with Gasteiger partial charge in [-0.15, -0.1) is 0 Å². The first kappa shape index (κ1) is 16.8. The van der Waals surface area contributed by atoms with Crippen molar-refractivity contribution in [1.29, 1.82) is 0 Å². The number of amides is 1. The number of aldehydes is 1. The average Bonchev–Trinajstić information content (AvgIpc) is 2.46. The van der Waals surface area contributed by atoms with Gasteiger partial charge in [0.25, 0.3) is 0 Å². The lowest BCUT2D eigenvalue weighted by molar-refractivity contribution is 0.0240. The first-order valence-electron chi connectivity index (χ1n) is 7.28. The van der Waals surface area contributed by atoms with E-state index in [-0.39, 0.29) is 6.09 Å². The highest BCUT2D eigenvalue weighted by molar-refractivity contribution is 9.10. The zero-order valence-electron chi connectivity index (χ0n) is 13.1. The molecule has 0 atom stereocenters. The van der Waals surface area contributed by atoms with Gasteiger partial charge < -0.3 is 14.5 Å². The van der Waals surface area contributed by atoms with Crippen LogP contribution in [0, 0.1) is 0 Å². The monoisotopic (exact) mass is 368 g/mol. The zero-order chi connectivity index (χ0) is 16.3. The van der Waals surface area contributed by atoms with Gasteiger partial charge in [0.2, 0.25) is 0 Å². The van der Waals surface area contributed by atoms with Gasteiger partial charge >= 0.3 is 6.09 Å². The van der Waals surface area contributed by atoms with Crippen molar-refractivity contribution in [3.8, 4) is 0 Å². The van der Waals surface area contributed by atoms with E-state index in [1.165, 1.54) is 0 Å². The molecule has 1 fully saturated rings. The number of benzene rings is 1. The molecule has 0 aliphatic carbocycles. The summed E-state index contributed by atoms with van der Waals surface area (Å²) in [6, 6.07) is 5.71. The van der Waals surface area contributed by atoms with Crippen molar-refractivity contribution in [2.24, 2.45) is 0 Å². The van der Waals surface area contributed by atoms with Crippen LogP contribution in [0.25, 0.3) is 0 Å². The number of carbonyl (C=O) groups is 2. The van der Waals surface area contributed by atoms with E-state index in [1.54, 1.807) is 4.90 Å². The fourth-order valence-corrected chi connectivity index (χ4v) is 2.63. The minimum atomic E-state index is -0.473. The van der Waals surface area contributed by atoms with E-state index in [0.717, 1.165) is 29.5 Å². The van der Waals surface area contributed by atoms with Crippen molar-refractivity contribution >= 4 is 34.0 Å². The maximum Gasteiger partial charge on any atom is 0.410 e. The number of nitrogens with zero attached hydrogens (tertiary/aromatic N) is 2. The highest BCUT2D eigenvalue weighted by Crippen LogP contribution is 2.23. The Morgan fingerprint density at radius 1 is 1.23 bits per heavy atom. The van der Waals surface area contributed by atoms with Crippen LogP contribution in [-0.4, -0.2) is 49.1 Å². The van der Waals surface area contributed by atoms with Gasteiger partial charge in [0.05, 0.1) is 0 Å². The van der Waals surface area contributed by atoms with E-state index in [1.807, 2.05) is 39.0 Å². The molecule has 1 aromatic rings. The molecule has 0 unspecified atom stereocenters. The van der Waals surface area contributed by atoms with Gasteiger partial charge in [0, 0.05) is 41.9 Å². The fourth-order valence-electron chi connectivity index (χ4n) is 2.29. The molecule has 0 bridgehead atoms. The predicted molar refractivity (Wildman–Crippen MR) is 89.5 cm³/mol. The summed E-state index contributed by atoms with van der Waals surface area (Å²) in [5, 5.41) is 0. The van der Waals surface area contributed by atoms with Gasteiger partial charge in [-0.2, -0.15) is 0 Å². The quantitative estimate of drug-likeness (QED) is 0.751. The minimum Gasteiger partial charge on any atom is -0.444 e. The molecule has 6 heteroatoms. The Bertz CT molecular complexity index is 561. The van der Waals surface area contributed by atoms with Crippen molar-refractivity contribution in [1.82, 2.24) is 4.90 Å². The normalized spacial score (nSPS) is 15.6. The van der Waals surface area contributed by atoms with Crippen LogP contribution < -0.4 is 4.90 Å². The first-order valence-corrected chi connectivity index (χ1v) is 8.07. The third-order valence-electron chi connectivity index (χ3n) is 3.40. The molecule has 22 heavy (non-hydrogen) atoms. The van der Waals surface area contributed by atoms with Gasteiger partial charge in [0.1, 0.15) is 5.60 Å². The highest BCUT2D eigenvalue weighted by Gasteiger charge is 2.26. The molecule has 1 aliphatic rings. The lowest BCUT2D eigenvalue weighted by Gasteiger charge is -2.36. The number of hydrogen-bond donors (Lipinski definition) is 0. The summed E-state index contributed by atoms with van der Waals surface area (Å²) >= 11 is 3.35. The third kappa shape index (κ3) is 4.22. The van der Waals surface area contributed by atoms with Crippen LogP contribution in [0.3, 0.4) is 0 Å². The number of piperazine rings is 1. The molecule has 1 saturated heterocycles. The highest BCUT2D eigenvalue weighted by atomic mass is 79.9. The Kier molecular flexibility index (Phi) is 5.11. The molecular weight excluding hydrogens is 348 g/mol. The average molecular weight is 369 g/mol. The lowest BCUT2D eigenvalue weighted by Crippen LogP contribution is -2.50. The molecule has 1 aliphatic heterocycles. The smallest absolute Gasteiger partial charge is 0.410 e. The summed E-state index contributed by atoms with van der Waals surface area (Å²) < 4.78 is 6.18. The molecule has 0 saturated carbocycles. The summed E-state index contributed by atoms with van der Waals surface area (Å²) in [5.41, 5.74) is 1.15. The van der Waals surface area contributed by atoms with Gasteiger partial charge in [-0.05, 0) is 39.0 Å². The first-order chi connectivity index (χ1) is 10.3. The van der Waals surface area contributed by atoms with Crippen molar-refractivity contribution in [2.45, 2.75) is 26.4 Å². The fraction of sp³-hybridized carbons (Fsp3) is 0.500. The van der Waals surface area contributed by atoms with Crippen LogP contribution in [-0.2, 0) is 4.74 Å². The topological polar surface area (TPSA) is 49.9 Å². The van der Waals surface area contributed by atoms with Gasteiger partial charge in [-0.25, -0.2) is 4.79 Å². The second kappa shape index (κ2) is 6.69. The molecule has 1 heterocycles. The second-order valence-corrected chi connectivity index (χ2v) is 7.13. The molecule has 5 nitrogen and oxygen atoms in total. The Morgan fingerprint density at radius 3 is 2.41 bits per heavy atom. The number of ether oxygens (including phenoxy) is 1. The van der Waals surface area contributed by atoms with E-state index in [0.29, 0.717) is 18.7 Å². The van der Waals surface area contributed by atoms with Crippen LogP contribution in [0.2, 0.25) is 0 Å². The van der Waals surface area contributed by atoms with E-state index in [9.17, 15) is 9.59 Å². The van der Waals surface area contributed by atoms with Crippen molar-refractivity contribution in [3.63, 3.8) is 0 Å². The largest absolute Gasteiger partial charge is 0.444 e. The number of hydrogen-bond acceptors (Lipinski definition) is 4. The summed E-state index contributed by atoms with van der Waals surface area (Å²) in [5.74, 6) is 0. The molecule has 0 spiro atoms. The molecule has 1 aromatic carbocycles. The van der Waals surface area contributed by atoms with Gasteiger partial charge in [0.15, 0.2) is 6.29 Å². The van der Waals surface area contributed by atoms with Crippen LogP contribution in [0.15, 0.2) is 22.7 Å². The van der Waals surface area contributed by atoms with E-state index < -0.39 is 5.60 Å². The van der Waals surface area contributed by atoms with Crippen LogP contribution in [0.4, 0.5) is 10.5 Å². The molecule has 0 radical (unpaired) electrons. The summed E-state index contributed by atoms with van der Waals surface area (Å²) in [7, 11) is 0. The molecular formula is C16H21BrN2O3. The minimum absolute atomic E-state index is 0.267. The van der Waals surface area contributed by atoms with E-state index in [2.05, 4.69) is 20.8 Å². The molecule has 120 valence electrons. The Balaban J connectivity index is 1.97. The Labute approximate surface area is 139 Å². The van der Waals surface area contributed by atoms with E-state index in [4.69, 9.17) is 4.74 Å². The number of rotatable bonds is 2. The maximum atomic E-state index is 12.0. The molecule has 0 N–H and O–H groups in total. The van der Waals surface area contributed by atoms with Gasteiger partial charge in [-0.1, -0.05) is 15.9 Å². The Hall–Kier alpha value is -1.56. The second-order valence-electron chi connectivity index (χ2n) is 6.28. The predicted octanol–water partition coefficient (Wildman–Crippen LogP) is 3.32. The zero-order valence-corrected chi connectivity index (χ0v) is 14.7. The molecule has 0 aromatic heterocycles. The third-order valence-corrected chi connectivity index (χ3v) is 4.13. The number of anilines is 1. The van der Waals surface area contributed by atoms with Crippen molar-refractivity contribution in [3.05, 3.63) is 28.2 Å². The van der Waals surface area contributed by atoms with Crippen LogP contribution >= 0.6 is 15.9 Å². The van der Waals surface area contributed by atoms with Crippen molar-refractivity contribution < 1.29 is 14.3 Å². The lowest BCUT2D eigenvalue weighted by atomic mass is 10.2. The maximum absolute atomic E-state index is 12.0. The number of carbonyl (C=O) groups excluding carboxylic acids is 2. The molecule has 1 amide bonds. The summed E-state index contributed by atoms with van der Waals surface area (Å²) in [6.45, 7) is 8.26. The Morgan fingerprint density at radius 2 is 1.86 bits per heavy atom. The van der Waals surface area contributed by atoms with Crippen LogP contribution in [0.1, 0.15) is 31.1 Å². The summed E-state index contributed by atoms with van der Waals surface area (Å²) in [4.78, 5) is 26.9.